The van der Waals surface area contributed by atoms with Crippen LogP contribution < -0.4 is 9.46 Å². The van der Waals surface area contributed by atoms with Crippen molar-refractivity contribution < 1.29 is 22.6 Å². The molecule has 1 aromatic carbocycles. The van der Waals surface area contributed by atoms with E-state index < -0.39 is 10.0 Å². The largest absolute Gasteiger partial charge is 0.496 e. The monoisotopic (exact) mass is 381 g/mol. The molecule has 7 heteroatoms. The molecule has 4 rings (SSSR count). The molecular formula is C19H27NO5S. The van der Waals surface area contributed by atoms with Crippen LogP contribution >= 0.6 is 0 Å². The third-order valence-electron chi connectivity index (χ3n) is 6.14. The second kappa shape index (κ2) is 7.11. The van der Waals surface area contributed by atoms with Crippen molar-refractivity contribution in [2.24, 2.45) is 11.8 Å². The number of fused-ring (bicyclic) bond motifs is 2. The summed E-state index contributed by atoms with van der Waals surface area (Å²) < 4.78 is 45.9. The number of methoxy groups -OCH3 is 2. The summed E-state index contributed by atoms with van der Waals surface area (Å²) in [5.41, 5.74) is 1.97. The smallest absolute Gasteiger partial charge is 0.241 e. The van der Waals surface area contributed by atoms with Gasteiger partial charge in [-0.3, -0.25) is 0 Å². The molecule has 0 spiro atoms. The summed E-state index contributed by atoms with van der Waals surface area (Å²) in [4.78, 5) is 0.409. The lowest BCUT2D eigenvalue weighted by Gasteiger charge is -2.47. The van der Waals surface area contributed by atoms with Crippen molar-refractivity contribution in [2.75, 3.05) is 27.4 Å². The minimum Gasteiger partial charge on any atom is -0.496 e. The van der Waals surface area contributed by atoms with E-state index >= 15 is 0 Å². The molecule has 2 aliphatic carbocycles. The number of benzene rings is 1. The fraction of sp³-hybridized carbons (Fsp3) is 0.684. The minimum atomic E-state index is -3.59. The molecule has 1 aromatic rings. The lowest BCUT2D eigenvalue weighted by Crippen LogP contribution is -2.62. The summed E-state index contributed by atoms with van der Waals surface area (Å²) in [6.07, 6.45) is 4.75. The molecule has 2 fully saturated rings. The molecule has 1 N–H and O–H groups in total. The summed E-state index contributed by atoms with van der Waals surface area (Å²) in [5.74, 6) is 1.12. The van der Waals surface area contributed by atoms with Crippen molar-refractivity contribution in [3.8, 4) is 5.75 Å². The van der Waals surface area contributed by atoms with Crippen LogP contribution in [0.3, 0.4) is 0 Å². The Labute approximate surface area is 155 Å². The predicted molar refractivity (Wildman–Crippen MR) is 97.0 cm³/mol. The van der Waals surface area contributed by atoms with Crippen LogP contribution in [0.5, 0.6) is 5.75 Å². The van der Waals surface area contributed by atoms with Gasteiger partial charge in [0.05, 0.1) is 24.7 Å². The number of nitrogens with one attached hydrogen (secondary N) is 1. The molecule has 0 aromatic heterocycles. The summed E-state index contributed by atoms with van der Waals surface area (Å²) in [6.45, 7) is 1.21. The van der Waals surface area contributed by atoms with Gasteiger partial charge in [-0.15, -0.1) is 0 Å². The zero-order valence-electron chi connectivity index (χ0n) is 15.4. The Morgan fingerprint density at radius 3 is 2.69 bits per heavy atom. The van der Waals surface area contributed by atoms with Gasteiger partial charge in [0.25, 0.3) is 0 Å². The minimum absolute atomic E-state index is 0.0800. The molecule has 1 heterocycles. The van der Waals surface area contributed by atoms with Gasteiger partial charge in [-0.05, 0) is 55.4 Å². The molecule has 3 aliphatic rings. The van der Waals surface area contributed by atoms with E-state index in [9.17, 15) is 8.42 Å². The molecule has 4 atom stereocenters. The van der Waals surface area contributed by atoms with Gasteiger partial charge >= 0.3 is 0 Å². The Morgan fingerprint density at radius 2 is 1.96 bits per heavy atom. The zero-order valence-corrected chi connectivity index (χ0v) is 16.2. The van der Waals surface area contributed by atoms with Gasteiger partial charge in [-0.25, -0.2) is 13.1 Å². The summed E-state index contributed by atoms with van der Waals surface area (Å²) in [7, 11) is -0.307. The Bertz CT molecular complexity index is 778. The van der Waals surface area contributed by atoms with Crippen LogP contribution in [0.1, 0.15) is 30.4 Å². The number of ether oxygens (including phenoxy) is 3. The van der Waals surface area contributed by atoms with Crippen molar-refractivity contribution >= 4 is 10.0 Å². The normalized spacial score (nSPS) is 30.4. The fourth-order valence-corrected chi connectivity index (χ4v) is 6.51. The summed E-state index contributed by atoms with van der Waals surface area (Å²) in [6, 6.07) is 3.36. The Morgan fingerprint density at radius 1 is 1.19 bits per heavy atom. The first kappa shape index (κ1) is 18.2. The maximum absolute atomic E-state index is 13.2. The van der Waals surface area contributed by atoms with Gasteiger partial charge in [0.15, 0.2) is 0 Å². The van der Waals surface area contributed by atoms with Crippen LogP contribution in [-0.4, -0.2) is 48.0 Å². The number of rotatable bonds is 6. The SMILES string of the molecule is COC[C@@H]1[C@H](NS(=O)(=O)c2ccc(OC)c3c2CCCC3)[C@@H]2CCO[C@H]12. The molecule has 1 aliphatic heterocycles. The van der Waals surface area contributed by atoms with E-state index in [2.05, 4.69) is 4.72 Å². The van der Waals surface area contributed by atoms with E-state index in [1.807, 2.05) is 0 Å². The first-order valence-electron chi connectivity index (χ1n) is 9.38. The Kier molecular flexibility index (Phi) is 4.98. The topological polar surface area (TPSA) is 73.9 Å². The summed E-state index contributed by atoms with van der Waals surface area (Å²) in [5, 5.41) is 0. The number of hydrogen-bond donors (Lipinski definition) is 1. The quantitative estimate of drug-likeness (QED) is 0.815. The maximum atomic E-state index is 13.2. The van der Waals surface area contributed by atoms with Gasteiger partial charge in [-0.2, -0.15) is 0 Å². The van der Waals surface area contributed by atoms with Crippen molar-refractivity contribution in [1.82, 2.24) is 4.72 Å². The van der Waals surface area contributed by atoms with Gasteiger partial charge in [0, 0.05) is 31.6 Å². The van der Waals surface area contributed by atoms with Gasteiger partial charge in [0.1, 0.15) is 5.75 Å². The van der Waals surface area contributed by atoms with Crippen LogP contribution in [0.2, 0.25) is 0 Å². The third-order valence-corrected chi connectivity index (χ3v) is 7.68. The second-order valence-corrected chi connectivity index (χ2v) is 9.17. The highest BCUT2D eigenvalue weighted by Crippen LogP contribution is 2.44. The van der Waals surface area contributed by atoms with E-state index in [1.54, 1.807) is 26.4 Å². The van der Waals surface area contributed by atoms with Crippen LogP contribution in [0.4, 0.5) is 0 Å². The van der Waals surface area contributed by atoms with Gasteiger partial charge < -0.3 is 14.2 Å². The van der Waals surface area contributed by atoms with Crippen molar-refractivity contribution in [3.05, 3.63) is 23.3 Å². The highest BCUT2D eigenvalue weighted by atomic mass is 32.2. The van der Waals surface area contributed by atoms with E-state index in [-0.39, 0.29) is 24.0 Å². The van der Waals surface area contributed by atoms with Crippen LogP contribution in [0.25, 0.3) is 0 Å². The lowest BCUT2D eigenvalue weighted by molar-refractivity contribution is -0.0775. The van der Waals surface area contributed by atoms with E-state index in [1.165, 1.54) is 0 Å². The summed E-state index contributed by atoms with van der Waals surface area (Å²) >= 11 is 0. The third kappa shape index (κ3) is 2.95. The van der Waals surface area contributed by atoms with E-state index in [0.717, 1.165) is 49.0 Å². The highest BCUT2D eigenvalue weighted by molar-refractivity contribution is 7.89. The molecule has 26 heavy (non-hydrogen) atoms. The standard InChI is InChI=1S/C19H27NO5S/c1-23-11-15-18(14-9-10-25-19(14)15)20-26(21,22)17-8-7-16(24-2)12-5-3-4-6-13(12)17/h7-8,14-15,18-20H,3-6,9-11H2,1-2H3/t14-,15+,18+,19-/m0/s1. The Hall–Kier alpha value is -1.15. The average Bonchev–Trinajstić information content (AvgIpc) is 3.08. The van der Waals surface area contributed by atoms with Crippen LogP contribution in [0, 0.1) is 11.8 Å². The zero-order chi connectivity index (χ0) is 18.3. The van der Waals surface area contributed by atoms with E-state index in [0.29, 0.717) is 18.1 Å². The van der Waals surface area contributed by atoms with Gasteiger partial charge in [-0.1, -0.05) is 0 Å². The highest BCUT2D eigenvalue weighted by Gasteiger charge is 2.55. The van der Waals surface area contributed by atoms with Crippen molar-refractivity contribution in [2.45, 2.75) is 49.1 Å². The molecule has 1 saturated carbocycles. The van der Waals surface area contributed by atoms with Crippen LogP contribution in [0.15, 0.2) is 17.0 Å². The van der Waals surface area contributed by atoms with E-state index in [4.69, 9.17) is 14.2 Å². The average molecular weight is 381 g/mol. The van der Waals surface area contributed by atoms with Crippen LogP contribution in [-0.2, 0) is 32.3 Å². The molecule has 144 valence electrons. The van der Waals surface area contributed by atoms with Gasteiger partial charge in [0.2, 0.25) is 10.0 Å². The Balaban J connectivity index is 1.63. The second-order valence-electron chi connectivity index (χ2n) is 7.48. The molecule has 1 saturated heterocycles. The first-order valence-corrected chi connectivity index (χ1v) is 10.9. The first-order chi connectivity index (χ1) is 12.6. The molecule has 0 radical (unpaired) electrons. The molecule has 0 unspecified atom stereocenters. The predicted octanol–water partition coefficient (Wildman–Crippen LogP) is 1.90. The lowest BCUT2D eigenvalue weighted by atomic mass is 9.68. The molecule has 0 amide bonds. The van der Waals surface area contributed by atoms with Crippen molar-refractivity contribution in [3.63, 3.8) is 0 Å². The van der Waals surface area contributed by atoms with Crippen molar-refractivity contribution in [1.29, 1.82) is 0 Å². The molecule has 6 nitrogen and oxygen atoms in total. The molecular weight excluding hydrogens is 354 g/mol. The fourth-order valence-electron chi connectivity index (χ4n) is 4.88. The number of hydrogen-bond acceptors (Lipinski definition) is 5. The number of sulfonamides is 1. The molecule has 0 bridgehead atoms. The maximum Gasteiger partial charge on any atom is 0.241 e.